The highest BCUT2D eigenvalue weighted by Gasteiger charge is 2.30. The highest BCUT2D eigenvalue weighted by atomic mass is 16.7. The molecule has 0 saturated carbocycles. The van der Waals surface area contributed by atoms with Crippen LogP contribution in [0.3, 0.4) is 0 Å². The fourth-order valence-electron chi connectivity index (χ4n) is 1.55. The Morgan fingerprint density at radius 1 is 1.27 bits per heavy atom. The van der Waals surface area contributed by atoms with Crippen molar-refractivity contribution in [1.82, 2.24) is 0 Å². The maximum absolute atomic E-state index is 5.60. The third-order valence-corrected chi connectivity index (χ3v) is 2.83. The van der Waals surface area contributed by atoms with Crippen molar-refractivity contribution in [3.63, 3.8) is 0 Å². The molecule has 1 saturated heterocycles. The first kappa shape index (κ1) is 9.01. The smallest absolute Gasteiger partial charge is 0.157 e. The number of methoxy groups -OCH3 is 1. The van der Waals surface area contributed by atoms with Gasteiger partial charge in [0.15, 0.2) is 6.29 Å². The third-order valence-electron chi connectivity index (χ3n) is 2.83. The summed E-state index contributed by atoms with van der Waals surface area (Å²) >= 11 is 0. The van der Waals surface area contributed by atoms with Gasteiger partial charge in [0.25, 0.3) is 0 Å². The molecular formula is C9H18O2. The lowest BCUT2D eigenvalue weighted by atomic mass is 9.86. The van der Waals surface area contributed by atoms with Crippen LogP contribution in [0, 0.1) is 11.8 Å². The molecule has 0 aromatic rings. The lowest BCUT2D eigenvalue weighted by molar-refractivity contribution is -0.203. The van der Waals surface area contributed by atoms with Crippen LogP contribution in [0.4, 0.5) is 0 Å². The van der Waals surface area contributed by atoms with Crippen LogP contribution in [0.2, 0.25) is 0 Å². The van der Waals surface area contributed by atoms with E-state index in [1.165, 1.54) is 0 Å². The van der Waals surface area contributed by atoms with E-state index in [4.69, 9.17) is 9.47 Å². The zero-order valence-corrected chi connectivity index (χ0v) is 7.83. The number of hydrogen-bond acceptors (Lipinski definition) is 2. The monoisotopic (exact) mass is 158 g/mol. The Morgan fingerprint density at radius 2 is 1.91 bits per heavy atom. The minimum absolute atomic E-state index is 0.0243. The Hall–Kier alpha value is -0.0800. The van der Waals surface area contributed by atoms with Crippen LogP contribution in [0.15, 0.2) is 0 Å². The molecule has 1 rings (SSSR count). The molecule has 0 spiro atoms. The highest BCUT2D eigenvalue weighted by molar-refractivity contribution is 4.74. The molecule has 1 aliphatic rings. The van der Waals surface area contributed by atoms with Crippen molar-refractivity contribution in [3.05, 3.63) is 0 Å². The summed E-state index contributed by atoms with van der Waals surface area (Å²) in [6, 6.07) is 0. The molecule has 0 N–H and O–H groups in total. The molecule has 1 fully saturated rings. The fraction of sp³-hybridized carbons (Fsp3) is 1.00. The van der Waals surface area contributed by atoms with E-state index in [9.17, 15) is 0 Å². The summed E-state index contributed by atoms with van der Waals surface area (Å²) in [6.07, 6.45) is 1.39. The number of hydrogen-bond donors (Lipinski definition) is 0. The zero-order valence-electron chi connectivity index (χ0n) is 7.83. The molecule has 0 aromatic carbocycles. The quantitative estimate of drug-likeness (QED) is 0.581. The summed E-state index contributed by atoms with van der Waals surface area (Å²) in [5, 5.41) is 0. The van der Waals surface area contributed by atoms with E-state index in [0.717, 1.165) is 6.42 Å². The first-order chi connectivity index (χ1) is 5.15. The lowest BCUT2D eigenvalue weighted by Crippen LogP contribution is -2.37. The van der Waals surface area contributed by atoms with Crippen LogP contribution >= 0.6 is 0 Å². The Balaban J connectivity index is 2.47. The SMILES string of the molecule is COC1CC(C)C(C)C(C)O1. The molecule has 4 atom stereocenters. The van der Waals surface area contributed by atoms with Crippen molar-refractivity contribution in [1.29, 1.82) is 0 Å². The maximum atomic E-state index is 5.60. The molecule has 11 heavy (non-hydrogen) atoms. The van der Waals surface area contributed by atoms with Crippen LogP contribution in [0.5, 0.6) is 0 Å². The van der Waals surface area contributed by atoms with Gasteiger partial charge in [-0.3, -0.25) is 0 Å². The second-order valence-electron chi connectivity index (χ2n) is 3.58. The van der Waals surface area contributed by atoms with E-state index < -0.39 is 0 Å². The molecule has 0 aromatic heterocycles. The van der Waals surface area contributed by atoms with Crippen molar-refractivity contribution >= 4 is 0 Å². The van der Waals surface area contributed by atoms with E-state index in [1.54, 1.807) is 7.11 Å². The zero-order chi connectivity index (χ0) is 8.43. The van der Waals surface area contributed by atoms with Crippen molar-refractivity contribution in [2.45, 2.75) is 39.6 Å². The third kappa shape index (κ3) is 1.94. The topological polar surface area (TPSA) is 18.5 Å². The summed E-state index contributed by atoms with van der Waals surface area (Å²) in [6.45, 7) is 6.61. The van der Waals surface area contributed by atoms with Gasteiger partial charge in [-0.15, -0.1) is 0 Å². The van der Waals surface area contributed by atoms with Gasteiger partial charge in [0.1, 0.15) is 0 Å². The summed E-state index contributed by atoms with van der Waals surface area (Å²) in [7, 11) is 1.71. The molecule has 1 heterocycles. The lowest BCUT2D eigenvalue weighted by Gasteiger charge is -2.36. The fourth-order valence-corrected chi connectivity index (χ4v) is 1.55. The van der Waals surface area contributed by atoms with E-state index >= 15 is 0 Å². The highest BCUT2D eigenvalue weighted by Crippen LogP contribution is 2.29. The van der Waals surface area contributed by atoms with Gasteiger partial charge in [-0.1, -0.05) is 13.8 Å². The van der Waals surface area contributed by atoms with Gasteiger partial charge in [0, 0.05) is 13.5 Å². The second kappa shape index (κ2) is 3.55. The first-order valence-electron chi connectivity index (χ1n) is 4.33. The molecule has 4 unspecified atom stereocenters. The minimum Gasteiger partial charge on any atom is -0.356 e. The average Bonchev–Trinajstić information content (AvgIpc) is 1.99. The van der Waals surface area contributed by atoms with Crippen molar-refractivity contribution in [2.24, 2.45) is 11.8 Å². The number of ether oxygens (including phenoxy) is 2. The van der Waals surface area contributed by atoms with Crippen molar-refractivity contribution in [3.8, 4) is 0 Å². The molecule has 0 amide bonds. The molecule has 0 radical (unpaired) electrons. The van der Waals surface area contributed by atoms with E-state index in [1.807, 2.05) is 0 Å². The van der Waals surface area contributed by atoms with Gasteiger partial charge in [-0.25, -0.2) is 0 Å². The number of rotatable bonds is 1. The van der Waals surface area contributed by atoms with Crippen molar-refractivity contribution < 1.29 is 9.47 Å². The summed E-state index contributed by atoms with van der Waals surface area (Å²) in [5.41, 5.74) is 0. The predicted octanol–water partition coefficient (Wildman–Crippen LogP) is 2.04. The molecule has 2 heteroatoms. The minimum atomic E-state index is 0.0243. The molecule has 0 bridgehead atoms. The molecular weight excluding hydrogens is 140 g/mol. The van der Waals surface area contributed by atoms with E-state index in [0.29, 0.717) is 17.9 Å². The van der Waals surface area contributed by atoms with Crippen LogP contribution in [0.1, 0.15) is 27.2 Å². The Morgan fingerprint density at radius 3 is 2.36 bits per heavy atom. The van der Waals surface area contributed by atoms with E-state index in [2.05, 4.69) is 20.8 Å². The Labute approximate surface area is 68.9 Å². The summed E-state index contributed by atoms with van der Waals surface area (Å²) in [4.78, 5) is 0. The van der Waals surface area contributed by atoms with Crippen molar-refractivity contribution in [2.75, 3.05) is 7.11 Å². The van der Waals surface area contributed by atoms with Gasteiger partial charge in [0.2, 0.25) is 0 Å². The summed E-state index contributed by atoms with van der Waals surface area (Å²) in [5.74, 6) is 1.37. The second-order valence-corrected chi connectivity index (χ2v) is 3.58. The van der Waals surface area contributed by atoms with Gasteiger partial charge in [-0.2, -0.15) is 0 Å². The maximum Gasteiger partial charge on any atom is 0.157 e. The van der Waals surface area contributed by atoms with Crippen LogP contribution < -0.4 is 0 Å². The first-order valence-corrected chi connectivity index (χ1v) is 4.33. The van der Waals surface area contributed by atoms with Crippen LogP contribution in [-0.2, 0) is 9.47 Å². The normalized spacial score (nSPS) is 45.8. The molecule has 2 nitrogen and oxygen atoms in total. The molecule has 66 valence electrons. The largest absolute Gasteiger partial charge is 0.356 e. The molecule has 1 aliphatic heterocycles. The Bertz CT molecular complexity index is 113. The Kier molecular flexibility index (Phi) is 2.90. The van der Waals surface area contributed by atoms with Crippen LogP contribution in [0.25, 0.3) is 0 Å². The molecule has 0 aliphatic carbocycles. The summed E-state index contributed by atoms with van der Waals surface area (Å²) < 4.78 is 10.8. The van der Waals surface area contributed by atoms with Gasteiger partial charge >= 0.3 is 0 Å². The van der Waals surface area contributed by atoms with Gasteiger partial charge < -0.3 is 9.47 Å². The van der Waals surface area contributed by atoms with Gasteiger partial charge in [0.05, 0.1) is 6.10 Å². The average molecular weight is 158 g/mol. The van der Waals surface area contributed by atoms with Crippen LogP contribution in [-0.4, -0.2) is 19.5 Å². The predicted molar refractivity (Wildman–Crippen MR) is 44.3 cm³/mol. The standard InChI is InChI=1S/C9H18O2/c1-6-5-9(10-4)11-8(3)7(6)2/h6-9H,5H2,1-4H3. The van der Waals surface area contributed by atoms with Gasteiger partial charge in [-0.05, 0) is 18.8 Å². The van der Waals surface area contributed by atoms with E-state index in [-0.39, 0.29) is 6.29 Å².